The number of rotatable bonds is 9. The van der Waals surface area contributed by atoms with E-state index in [4.69, 9.17) is 0 Å². The summed E-state index contributed by atoms with van der Waals surface area (Å²) in [6.45, 7) is 33.9. The maximum absolute atomic E-state index is 4.04. The molecule has 19 aliphatic rings. The molecular formula is C104H176BN3. The standard InChI is InChI=1S/C104H176BN3/c1-101(2,3)75-52-72-46-47-73-53-76(102(4,5)6)62-87-82(55-74(54-75)96(72)97(73)87)71-49-51-92-89(56-71)105-88-50-48-70(65-32-18-13-19-33-65)57-93(88)108(100-85(68-38-24-16-25-39-68)60-78(104(10,11)12)61-86(100)69-40-26-17-27-41-69)95-64-79(106-90-44-30-28-42-80(90)81-43-29-31-45-91(81)106)63-94(98(95)105)107(92)99-83(66-34-20-14-21-35-66)58-77(103(7,8)9)59-84(99)67-36-22-15-23-37-67/h65-100H,13-64H2,1-12H3. The molecule has 0 amide bonds. The zero-order valence-electron chi connectivity index (χ0n) is 73.5. The van der Waals surface area contributed by atoms with Crippen LogP contribution in [0.1, 0.15) is 417 Å². The number of hydrogen-bond acceptors (Lipinski definition) is 3. The lowest BCUT2D eigenvalue weighted by atomic mass is 9.18. The molecule has 4 heteroatoms. The summed E-state index contributed by atoms with van der Waals surface area (Å²) in [7, 11) is 0. The first kappa shape index (κ1) is 77.8. The number of fused-ring (bicyclic) bond motifs is 7. The van der Waals surface area contributed by atoms with Crippen LogP contribution < -0.4 is 0 Å². The maximum atomic E-state index is 4.04. The predicted octanol–water partition coefficient (Wildman–Crippen LogP) is 28.3. The lowest BCUT2D eigenvalue weighted by molar-refractivity contribution is -0.159. The Labute approximate surface area is 669 Å². The molecule has 610 valence electrons. The molecule has 0 aromatic heterocycles. The molecule has 3 saturated heterocycles. The molecule has 108 heavy (non-hydrogen) atoms. The smallest absolute Gasteiger partial charge is 0.156 e. The van der Waals surface area contributed by atoms with Crippen LogP contribution in [0.25, 0.3) is 0 Å². The van der Waals surface area contributed by atoms with Crippen molar-refractivity contribution in [3.05, 3.63) is 0 Å². The van der Waals surface area contributed by atoms with Gasteiger partial charge >= 0.3 is 0 Å². The zero-order chi connectivity index (χ0) is 73.9. The van der Waals surface area contributed by atoms with E-state index >= 15 is 0 Å². The van der Waals surface area contributed by atoms with Crippen LogP contribution in [0.4, 0.5) is 0 Å². The third kappa shape index (κ3) is 14.4. The van der Waals surface area contributed by atoms with E-state index in [2.05, 4.69) is 97.8 Å². The van der Waals surface area contributed by atoms with Gasteiger partial charge in [-0.3, -0.25) is 14.7 Å². The molecule has 0 radical (unpaired) electrons. The second kappa shape index (κ2) is 31.3. The molecule has 0 bridgehead atoms. The van der Waals surface area contributed by atoms with Crippen LogP contribution in [-0.2, 0) is 0 Å². The molecule has 27 atom stereocenters. The zero-order valence-corrected chi connectivity index (χ0v) is 73.5. The Morgan fingerprint density at radius 2 is 0.574 bits per heavy atom. The quantitative estimate of drug-likeness (QED) is 0.213. The highest BCUT2D eigenvalue weighted by Crippen LogP contribution is 2.72. The minimum atomic E-state index is 0.389. The number of likely N-dealkylation sites (tertiary alicyclic amines) is 1. The van der Waals surface area contributed by atoms with Crippen LogP contribution in [0, 0.1) is 164 Å². The van der Waals surface area contributed by atoms with Gasteiger partial charge in [0.2, 0.25) is 0 Å². The molecule has 0 aromatic carbocycles. The van der Waals surface area contributed by atoms with E-state index in [9.17, 15) is 0 Å². The molecule has 0 spiro atoms. The van der Waals surface area contributed by atoms with Crippen molar-refractivity contribution in [3.63, 3.8) is 0 Å². The summed E-state index contributed by atoms with van der Waals surface area (Å²) >= 11 is 0. The Hall–Kier alpha value is -0.0551. The van der Waals surface area contributed by atoms with Gasteiger partial charge < -0.3 is 0 Å². The summed E-state index contributed by atoms with van der Waals surface area (Å²) in [6, 6.07) is 7.46. The van der Waals surface area contributed by atoms with Crippen LogP contribution >= 0.6 is 0 Å². The third-order valence-corrected chi connectivity index (χ3v) is 42.4. The fourth-order valence-corrected chi connectivity index (χ4v) is 37.7. The molecule has 19 fully saturated rings. The van der Waals surface area contributed by atoms with Crippen molar-refractivity contribution in [2.24, 2.45) is 164 Å². The summed E-state index contributed by atoms with van der Waals surface area (Å²) in [5.74, 6) is 25.9. The van der Waals surface area contributed by atoms with E-state index in [1.165, 1.54) is 96.3 Å². The topological polar surface area (TPSA) is 9.72 Å². The van der Waals surface area contributed by atoms with Crippen molar-refractivity contribution in [3.8, 4) is 0 Å². The van der Waals surface area contributed by atoms with Crippen molar-refractivity contribution < 1.29 is 0 Å². The first-order valence-corrected chi connectivity index (χ1v) is 51.4. The van der Waals surface area contributed by atoms with Gasteiger partial charge in [-0.05, 0) is 310 Å². The van der Waals surface area contributed by atoms with Gasteiger partial charge in [0.15, 0.2) is 6.71 Å². The molecule has 3 heterocycles. The van der Waals surface area contributed by atoms with Crippen molar-refractivity contribution in [1.82, 2.24) is 14.7 Å². The molecule has 16 saturated carbocycles. The van der Waals surface area contributed by atoms with E-state index in [-0.39, 0.29) is 0 Å². The molecular weight excluding hydrogens is 1300 g/mol. The summed E-state index contributed by atoms with van der Waals surface area (Å²) < 4.78 is 0. The minimum Gasteiger partial charge on any atom is -0.295 e. The van der Waals surface area contributed by atoms with Crippen LogP contribution in [0.2, 0.25) is 17.5 Å². The monoisotopic (exact) mass is 1480 g/mol. The lowest BCUT2D eigenvalue weighted by Gasteiger charge is -2.73. The van der Waals surface area contributed by atoms with Crippen LogP contribution in [0.3, 0.4) is 0 Å². The Bertz CT molecular complexity index is 2870. The van der Waals surface area contributed by atoms with Gasteiger partial charge in [0.25, 0.3) is 0 Å². The van der Waals surface area contributed by atoms with Crippen molar-refractivity contribution in [1.29, 1.82) is 0 Å². The highest BCUT2D eigenvalue weighted by atomic mass is 15.3. The Morgan fingerprint density at radius 1 is 0.204 bits per heavy atom. The predicted molar refractivity (Wildman–Crippen MR) is 458 cm³/mol. The molecule has 19 rings (SSSR count). The van der Waals surface area contributed by atoms with E-state index in [1.54, 1.807) is 238 Å². The van der Waals surface area contributed by atoms with Crippen LogP contribution in [0.5, 0.6) is 0 Å². The highest BCUT2D eigenvalue weighted by molar-refractivity contribution is 6.65. The fourth-order valence-electron chi connectivity index (χ4n) is 37.7. The van der Waals surface area contributed by atoms with Gasteiger partial charge in [-0.1, -0.05) is 289 Å². The van der Waals surface area contributed by atoms with Gasteiger partial charge in [-0.15, -0.1) is 0 Å². The van der Waals surface area contributed by atoms with Crippen molar-refractivity contribution in [2.75, 3.05) is 0 Å². The summed E-state index contributed by atoms with van der Waals surface area (Å²) in [4.78, 5) is 11.8. The minimum absolute atomic E-state index is 0.389. The molecule has 16 aliphatic carbocycles. The molecule has 3 nitrogen and oxygen atoms in total. The normalized spacial score (nSPS) is 49.0. The summed E-state index contributed by atoms with van der Waals surface area (Å²) in [6.07, 6.45) is 81.6. The van der Waals surface area contributed by atoms with Crippen molar-refractivity contribution in [2.45, 2.75) is 489 Å². The first-order valence-electron chi connectivity index (χ1n) is 51.4. The van der Waals surface area contributed by atoms with Crippen LogP contribution in [-0.4, -0.2) is 75.8 Å². The highest BCUT2D eigenvalue weighted by Gasteiger charge is 2.71. The van der Waals surface area contributed by atoms with Gasteiger partial charge in [0, 0.05) is 54.4 Å². The summed E-state index contributed by atoms with van der Waals surface area (Å²) in [5, 5.41) is 0. The van der Waals surface area contributed by atoms with Gasteiger partial charge in [0.1, 0.15) is 0 Å². The maximum Gasteiger partial charge on any atom is 0.156 e. The van der Waals surface area contributed by atoms with E-state index in [1.807, 2.05) is 0 Å². The Kier molecular flexibility index (Phi) is 22.5. The molecule has 0 N–H and O–H groups in total. The van der Waals surface area contributed by atoms with E-state index in [0.29, 0.717) is 21.7 Å². The molecule has 27 unspecified atom stereocenters. The Balaban J connectivity index is 0.821. The second-order valence-electron chi connectivity index (χ2n) is 50.7. The van der Waals surface area contributed by atoms with E-state index in [0.717, 1.165) is 221 Å². The SMILES string of the molecule is CC(C)(C)C1CC2CCC3CC(C(C)(C)C)CC4C(C5CCC6C(C5)B5C7CCC(C8CCCCC8)CC7N(C7C(C8CCCCC8)CC(C(C)(C)C)CC7C7CCCCC7)C7CC(N8C9CCCCC9C9CCCCC98)CC(C57)N6C5C(C6CCCCC6)CC(C(C)(C)C)CC5C5CCCCC5)CC(C1)C2C34. The van der Waals surface area contributed by atoms with Gasteiger partial charge in [0.05, 0.1) is 0 Å². The second-order valence-corrected chi connectivity index (χ2v) is 50.7. The summed E-state index contributed by atoms with van der Waals surface area (Å²) in [5.41, 5.74) is 1.65. The first-order chi connectivity index (χ1) is 52.1. The fraction of sp³-hybridized carbons (Fsp3) is 1.00. The Morgan fingerprint density at radius 3 is 1.04 bits per heavy atom. The molecule has 0 aromatic rings. The third-order valence-electron chi connectivity index (χ3n) is 42.4. The average molecular weight is 1480 g/mol. The molecule has 3 aliphatic heterocycles. The van der Waals surface area contributed by atoms with Gasteiger partial charge in [-0.2, -0.15) is 0 Å². The van der Waals surface area contributed by atoms with Crippen LogP contribution in [0.15, 0.2) is 0 Å². The largest absolute Gasteiger partial charge is 0.295 e. The van der Waals surface area contributed by atoms with Gasteiger partial charge in [-0.25, -0.2) is 0 Å². The van der Waals surface area contributed by atoms with E-state index < -0.39 is 0 Å². The number of nitrogens with zero attached hydrogens (tertiary/aromatic N) is 3. The van der Waals surface area contributed by atoms with Crippen molar-refractivity contribution >= 4 is 6.71 Å². The lowest BCUT2D eigenvalue weighted by Crippen LogP contribution is -2.78. The average Bonchev–Trinajstić information content (AvgIpc) is 0.791. The number of hydrogen-bond donors (Lipinski definition) is 0.